The van der Waals surface area contributed by atoms with Crippen molar-refractivity contribution in [2.75, 3.05) is 7.05 Å². The van der Waals surface area contributed by atoms with E-state index in [1.807, 2.05) is 0 Å². The van der Waals surface area contributed by atoms with Crippen LogP contribution in [-0.4, -0.2) is 7.05 Å². The molecule has 0 saturated heterocycles. The molecular weight excluding hydrogens is 134 g/mol. The highest BCUT2D eigenvalue weighted by atomic mass is 32.4. The van der Waals surface area contributed by atoms with Crippen LogP contribution in [0.4, 0.5) is 15.5 Å². The summed E-state index contributed by atoms with van der Waals surface area (Å²) >= 11 is 0. The summed E-state index contributed by atoms with van der Waals surface area (Å²) in [5, 5.41) is 0. The first-order chi connectivity index (χ1) is 2.81. The van der Waals surface area contributed by atoms with Crippen molar-refractivity contribution in [3.05, 3.63) is 0 Å². The minimum atomic E-state index is -7.24. The molecule has 0 bridgehead atoms. The van der Waals surface area contributed by atoms with Gasteiger partial charge in [0.2, 0.25) is 0 Å². The van der Waals surface area contributed by atoms with Crippen LogP contribution in [0, 0.1) is 0 Å². The van der Waals surface area contributed by atoms with Gasteiger partial charge in [-0.25, -0.2) is 0 Å². The van der Waals surface area contributed by atoms with Gasteiger partial charge in [-0.2, -0.15) is 4.36 Å². The number of hydrogen-bond acceptors (Lipinski definition) is 1. The van der Waals surface area contributed by atoms with E-state index in [2.05, 4.69) is 0 Å². The molecule has 0 radical (unpaired) electrons. The lowest BCUT2D eigenvalue weighted by atomic mass is 11.6. The average Bonchev–Trinajstić information content (AvgIpc) is 1.32. The van der Waals surface area contributed by atoms with Gasteiger partial charge >= 0.3 is 10.5 Å². The molecule has 0 aromatic heterocycles. The first kappa shape index (κ1) is 6.87. The minimum absolute atomic E-state index is 0.391. The fraction of sp³-hybridized carbons (Fsp3) is 1.00. The van der Waals surface area contributed by atoms with E-state index in [9.17, 15) is 15.5 Å². The van der Waals surface area contributed by atoms with E-state index in [0.29, 0.717) is 7.05 Å². The van der Waals surface area contributed by atoms with Gasteiger partial charge in [0.15, 0.2) is 0 Å². The zero-order valence-corrected chi connectivity index (χ0v) is 4.18. The van der Waals surface area contributed by atoms with Crippen molar-refractivity contribution in [3.8, 4) is 0 Å². The number of hydrogen-bond donors (Lipinski definition) is 0. The van der Waals surface area contributed by atoms with Crippen LogP contribution < -0.4 is 0 Å². The molecule has 0 spiro atoms. The van der Waals surface area contributed by atoms with Crippen LogP contribution in [-0.2, 0) is 10.5 Å². The van der Waals surface area contributed by atoms with Gasteiger partial charge in [-0.15, -0.1) is 0 Å². The molecule has 46 valence electrons. The molecule has 0 heterocycles. The van der Waals surface area contributed by atoms with Crippen molar-refractivity contribution < 1.29 is 15.5 Å². The van der Waals surface area contributed by atoms with Gasteiger partial charge in [0.1, 0.15) is 0 Å². The Bertz CT molecular complexity index is 109. The Kier molecular flexibility index (Phi) is 1.16. The summed E-state index contributed by atoms with van der Waals surface area (Å²) < 4.78 is 44.6. The Hall–Kier alpha value is -0.130. The van der Waals surface area contributed by atoms with Crippen molar-refractivity contribution in [2.24, 2.45) is 4.36 Å². The van der Waals surface area contributed by atoms with Crippen LogP contribution in [0.15, 0.2) is 4.36 Å². The molecule has 0 aliphatic rings. The van der Waals surface area contributed by atoms with E-state index in [0.717, 1.165) is 0 Å². The fourth-order valence-electron chi connectivity index (χ4n) is 0. The molecule has 0 aliphatic carbocycles. The highest BCUT2D eigenvalue weighted by Crippen LogP contribution is 2.35. The second-order valence-corrected chi connectivity index (χ2v) is 2.43. The molecule has 0 saturated carbocycles. The van der Waals surface area contributed by atoms with E-state index < -0.39 is 10.5 Å². The highest BCUT2D eigenvalue weighted by Gasteiger charge is 2.29. The summed E-state index contributed by atoms with van der Waals surface area (Å²) in [7, 11) is -6.85. The number of halogens is 4. The van der Waals surface area contributed by atoms with Crippen molar-refractivity contribution in [3.63, 3.8) is 0 Å². The maximum Gasteiger partial charge on any atom is 0.354 e. The Morgan fingerprint density at radius 3 is 1.29 bits per heavy atom. The van der Waals surface area contributed by atoms with Gasteiger partial charge in [-0.3, -0.25) is 0 Å². The van der Waals surface area contributed by atoms with E-state index in [1.54, 1.807) is 4.36 Å². The van der Waals surface area contributed by atoms with Gasteiger partial charge in [-0.1, -0.05) is 15.5 Å². The fourth-order valence-corrected chi connectivity index (χ4v) is 0. The molecule has 0 N–H and O–H groups in total. The Balaban J connectivity index is 4.47. The van der Waals surface area contributed by atoms with Crippen molar-refractivity contribution >= 4 is 10.5 Å². The van der Waals surface area contributed by atoms with E-state index >= 15 is 0 Å². The predicted molar refractivity (Wildman–Crippen MR) is 20.1 cm³/mol. The predicted octanol–water partition coefficient (Wildman–Crippen LogP) is 2.03. The maximum atomic E-state index is 10.7. The second kappa shape index (κ2) is 1.18. The Labute approximate surface area is 38.5 Å². The van der Waals surface area contributed by atoms with Gasteiger partial charge in [0.25, 0.3) is 0 Å². The number of rotatable bonds is 0. The molecule has 0 amide bonds. The van der Waals surface area contributed by atoms with Gasteiger partial charge in [-0.05, 0) is 0 Å². The maximum absolute atomic E-state index is 10.7. The summed E-state index contributed by atoms with van der Waals surface area (Å²) in [5.41, 5.74) is 0. The molecule has 0 aromatic rings. The van der Waals surface area contributed by atoms with Crippen LogP contribution in [0.25, 0.3) is 0 Å². The van der Waals surface area contributed by atoms with Crippen molar-refractivity contribution in [2.45, 2.75) is 0 Å². The summed E-state index contributed by atoms with van der Waals surface area (Å²) in [4.78, 5) is 0. The third-order valence-corrected chi connectivity index (χ3v) is 0.828. The van der Waals surface area contributed by atoms with Crippen LogP contribution in [0.3, 0.4) is 0 Å². The standard InChI is InChI=1S/CH3F4NS/c1-6-7(2,3,4)5/h1H3. The lowest BCUT2D eigenvalue weighted by molar-refractivity contribution is 0.499. The summed E-state index contributed by atoms with van der Waals surface area (Å²) in [6.07, 6.45) is 0. The van der Waals surface area contributed by atoms with Crippen LogP contribution in [0.2, 0.25) is 0 Å². The molecule has 0 rings (SSSR count). The second-order valence-electron chi connectivity index (χ2n) is 0.809. The molecule has 0 aromatic carbocycles. The lowest BCUT2D eigenvalue weighted by Gasteiger charge is -2.05. The monoisotopic (exact) mass is 137 g/mol. The summed E-state index contributed by atoms with van der Waals surface area (Å²) in [6, 6.07) is 0. The van der Waals surface area contributed by atoms with Crippen molar-refractivity contribution in [1.82, 2.24) is 0 Å². The lowest BCUT2D eigenvalue weighted by Crippen LogP contribution is -1.98. The Morgan fingerprint density at radius 2 is 1.29 bits per heavy atom. The molecule has 0 atom stereocenters. The number of nitrogens with zero attached hydrogens (tertiary/aromatic N) is 1. The minimum Gasteiger partial charge on any atom is -0.182 e. The Morgan fingerprint density at radius 1 is 1.14 bits per heavy atom. The SMILES string of the molecule is CN=S(F)(F)(F)F. The molecule has 6 heteroatoms. The van der Waals surface area contributed by atoms with Gasteiger partial charge < -0.3 is 0 Å². The van der Waals surface area contributed by atoms with Gasteiger partial charge in [0.05, 0.1) is 0 Å². The third-order valence-electron chi connectivity index (χ3n) is 0.276. The quantitative estimate of drug-likeness (QED) is 0.453. The molecule has 7 heavy (non-hydrogen) atoms. The van der Waals surface area contributed by atoms with E-state index in [-0.39, 0.29) is 0 Å². The highest BCUT2D eigenvalue weighted by molar-refractivity contribution is 8.04. The molecule has 0 aliphatic heterocycles. The molecule has 1 nitrogen and oxygen atoms in total. The van der Waals surface area contributed by atoms with Crippen LogP contribution in [0.1, 0.15) is 0 Å². The van der Waals surface area contributed by atoms with Crippen molar-refractivity contribution in [1.29, 1.82) is 0 Å². The van der Waals surface area contributed by atoms with Crippen LogP contribution in [0.5, 0.6) is 0 Å². The summed E-state index contributed by atoms with van der Waals surface area (Å²) in [5.74, 6) is 0. The molecule has 0 unspecified atom stereocenters. The zero-order chi connectivity index (χ0) is 6.15. The first-order valence-corrected chi connectivity index (χ1v) is 2.85. The summed E-state index contributed by atoms with van der Waals surface area (Å²) in [6.45, 7) is 0. The van der Waals surface area contributed by atoms with E-state index in [1.165, 1.54) is 0 Å². The van der Waals surface area contributed by atoms with Gasteiger partial charge in [0, 0.05) is 7.05 Å². The van der Waals surface area contributed by atoms with Crippen LogP contribution >= 0.6 is 0 Å². The third kappa shape index (κ3) is 5.87. The first-order valence-electron chi connectivity index (χ1n) is 1.25. The zero-order valence-electron chi connectivity index (χ0n) is 3.37. The molecule has 0 fully saturated rings. The smallest absolute Gasteiger partial charge is 0.182 e. The topological polar surface area (TPSA) is 12.4 Å². The van der Waals surface area contributed by atoms with E-state index in [4.69, 9.17) is 0 Å². The normalized spacial score (nSPS) is 17.6. The average molecular weight is 137 g/mol. The molecular formula is CH3F4NS. The largest absolute Gasteiger partial charge is 0.354 e.